The highest BCUT2D eigenvalue weighted by molar-refractivity contribution is 7.89. The lowest BCUT2D eigenvalue weighted by Gasteiger charge is -2.23. The third-order valence-corrected chi connectivity index (χ3v) is 5.71. The topological polar surface area (TPSA) is 81.7 Å². The minimum absolute atomic E-state index is 0.0742. The van der Waals surface area contributed by atoms with E-state index in [2.05, 4.69) is 36.3 Å². The first-order valence-corrected chi connectivity index (χ1v) is 12.4. The van der Waals surface area contributed by atoms with E-state index in [1.807, 2.05) is 0 Å². The van der Waals surface area contributed by atoms with Crippen molar-refractivity contribution in [2.24, 2.45) is 0 Å². The molecule has 134 valence electrons. The summed E-state index contributed by atoms with van der Waals surface area (Å²) in [7, 11) is -1.67. The number of rotatable bonds is 7. The molecule has 0 saturated carbocycles. The van der Waals surface area contributed by atoms with E-state index in [-0.39, 0.29) is 5.75 Å². The van der Waals surface area contributed by atoms with Gasteiger partial charge in [-0.1, -0.05) is 26.2 Å². The predicted octanol–water partition coefficient (Wildman–Crippen LogP) is 2.65. The molecular weight excluding hydrogens is 334 g/mol. The Morgan fingerprint density at radius 1 is 1.26 bits per heavy atom. The largest absolute Gasteiger partial charge is 0.467 e. The molecule has 0 aromatic rings. The summed E-state index contributed by atoms with van der Waals surface area (Å²) >= 11 is 0. The minimum Gasteiger partial charge on any atom is -0.467 e. The maximum atomic E-state index is 12.4. The van der Waals surface area contributed by atoms with E-state index in [1.54, 1.807) is 20.8 Å². The van der Waals surface area contributed by atoms with Crippen molar-refractivity contribution in [2.75, 3.05) is 12.9 Å². The number of ether oxygens (including phenoxy) is 2. The van der Waals surface area contributed by atoms with Gasteiger partial charge in [-0.25, -0.2) is 9.59 Å². The van der Waals surface area contributed by atoms with Gasteiger partial charge in [-0.3, -0.25) is 4.21 Å². The van der Waals surface area contributed by atoms with Crippen LogP contribution in [-0.2, 0) is 25.1 Å². The Morgan fingerprint density at radius 2 is 1.78 bits per heavy atom. The molecule has 0 aliphatic rings. The molecule has 2 atom stereocenters. The van der Waals surface area contributed by atoms with Crippen LogP contribution in [0.3, 0.4) is 0 Å². The molecule has 0 aliphatic carbocycles. The Kier molecular flexibility index (Phi) is 8.20. The van der Waals surface area contributed by atoms with Gasteiger partial charge in [0, 0.05) is 13.0 Å². The maximum Gasteiger partial charge on any atom is 0.408 e. The van der Waals surface area contributed by atoms with Gasteiger partial charge in [0.1, 0.15) is 11.6 Å². The first kappa shape index (κ1) is 21.8. The van der Waals surface area contributed by atoms with Gasteiger partial charge in [0.2, 0.25) is 0 Å². The van der Waals surface area contributed by atoms with Crippen molar-refractivity contribution in [3.63, 3.8) is 0 Å². The zero-order chi connectivity index (χ0) is 18.4. The van der Waals surface area contributed by atoms with E-state index >= 15 is 0 Å². The summed E-state index contributed by atoms with van der Waals surface area (Å²) < 4.78 is 22.1. The van der Waals surface area contributed by atoms with Crippen molar-refractivity contribution < 1.29 is 23.3 Å². The number of carbonyl (C=O) groups is 2. The highest BCUT2D eigenvalue weighted by Gasteiger charge is 2.28. The highest BCUT2D eigenvalue weighted by Crippen LogP contribution is 2.18. The van der Waals surface area contributed by atoms with Crippen molar-refractivity contribution in [2.45, 2.75) is 58.1 Å². The van der Waals surface area contributed by atoms with E-state index in [1.165, 1.54) is 7.11 Å². The van der Waals surface area contributed by atoms with Crippen LogP contribution in [0.1, 0.15) is 20.8 Å². The van der Waals surface area contributed by atoms with Crippen molar-refractivity contribution in [1.82, 2.24) is 5.32 Å². The Hall–Kier alpha value is -1.15. The van der Waals surface area contributed by atoms with Gasteiger partial charge < -0.3 is 14.8 Å². The molecule has 8 heteroatoms. The lowest BCUT2D eigenvalue weighted by molar-refractivity contribution is -0.142. The Bertz CT molecular complexity index is 479. The molecule has 1 amide bonds. The number of hydrogen-bond acceptors (Lipinski definition) is 5. The van der Waals surface area contributed by atoms with Gasteiger partial charge in [-0.15, -0.1) is 0 Å². The van der Waals surface area contributed by atoms with Crippen LogP contribution in [0, 0.1) is 0 Å². The molecule has 0 rings (SSSR count). The van der Waals surface area contributed by atoms with Crippen molar-refractivity contribution in [3.05, 3.63) is 11.5 Å². The SMILES string of the molecule is C=C(C[Si](C)(C)C)[S@](=O)C[C@H](NC(=O)OC(C)(C)C)C(=O)OC. The molecule has 0 spiro atoms. The minimum atomic E-state index is -1.45. The molecule has 0 bridgehead atoms. The summed E-state index contributed by atoms with van der Waals surface area (Å²) in [6, 6.07) is -0.339. The lowest BCUT2D eigenvalue weighted by atomic mass is 10.2. The number of carbonyl (C=O) groups excluding carboxylic acids is 2. The summed E-state index contributed by atoms with van der Waals surface area (Å²) in [5.74, 6) is -0.736. The molecule has 0 radical (unpaired) electrons. The summed E-state index contributed by atoms with van der Waals surface area (Å²) in [5, 5.41) is 2.41. The number of allylic oxidation sites excluding steroid dienone is 1. The first-order valence-electron chi connectivity index (χ1n) is 7.38. The zero-order valence-corrected chi connectivity index (χ0v) is 17.0. The van der Waals surface area contributed by atoms with Crippen LogP contribution in [-0.4, -0.2) is 48.9 Å². The molecular formula is C15H29NO5SSi. The predicted molar refractivity (Wildman–Crippen MR) is 95.5 cm³/mol. The Morgan fingerprint density at radius 3 is 2.17 bits per heavy atom. The van der Waals surface area contributed by atoms with Crippen LogP contribution in [0.25, 0.3) is 0 Å². The Labute approximate surface area is 142 Å². The van der Waals surface area contributed by atoms with E-state index in [0.717, 1.165) is 0 Å². The average Bonchev–Trinajstić information content (AvgIpc) is 2.32. The number of amides is 1. The smallest absolute Gasteiger partial charge is 0.408 e. The maximum absolute atomic E-state index is 12.4. The fourth-order valence-electron chi connectivity index (χ4n) is 1.70. The molecule has 0 aromatic carbocycles. The van der Waals surface area contributed by atoms with Crippen LogP contribution in [0.15, 0.2) is 11.5 Å². The summed E-state index contributed by atoms with van der Waals surface area (Å²) in [6.07, 6.45) is -0.749. The number of alkyl carbamates (subject to hydrolysis) is 1. The van der Waals surface area contributed by atoms with Crippen molar-refractivity contribution in [1.29, 1.82) is 0 Å². The van der Waals surface area contributed by atoms with Crippen LogP contribution in [0.2, 0.25) is 25.7 Å². The lowest BCUT2D eigenvalue weighted by Crippen LogP contribution is -2.47. The van der Waals surface area contributed by atoms with E-state index < -0.39 is 42.6 Å². The van der Waals surface area contributed by atoms with E-state index in [4.69, 9.17) is 4.74 Å². The van der Waals surface area contributed by atoms with Crippen LogP contribution in [0.5, 0.6) is 0 Å². The second-order valence-corrected chi connectivity index (χ2v) is 14.6. The number of nitrogens with one attached hydrogen (secondary N) is 1. The number of methoxy groups -OCH3 is 1. The van der Waals surface area contributed by atoms with Gasteiger partial charge in [0.05, 0.1) is 23.7 Å². The molecule has 1 N–H and O–H groups in total. The van der Waals surface area contributed by atoms with Gasteiger partial charge in [0.25, 0.3) is 0 Å². The van der Waals surface area contributed by atoms with E-state index in [0.29, 0.717) is 10.9 Å². The first-order chi connectivity index (χ1) is 10.2. The highest BCUT2D eigenvalue weighted by atomic mass is 32.2. The third-order valence-electron chi connectivity index (χ3n) is 2.54. The summed E-state index contributed by atoms with van der Waals surface area (Å²) in [5.41, 5.74) is -0.689. The monoisotopic (exact) mass is 363 g/mol. The molecule has 0 aliphatic heterocycles. The van der Waals surface area contributed by atoms with Gasteiger partial charge in [-0.05, 0) is 26.8 Å². The fourth-order valence-corrected chi connectivity index (χ4v) is 5.59. The molecule has 0 saturated heterocycles. The van der Waals surface area contributed by atoms with Crippen LogP contribution >= 0.6 is 0 Å². The van der Waals surface area contributed by atoms with Gasteiger partial charge in [0.15, 0.2) is 0 Å². The van der Waals surface area contributed by atoms with Gasteiger partial charge >= 0.3 is 12.1 Å². The number of hydrogen-bond donors (Lipinski definition) is 1. The summed E-state index contributed by atoms with van der Waals surface area (Å²) in [4.78, 5) is 24.2. The molecule has 23 heavy (non-hydrogen) atoms. The van der Waals surface area contributed by atoms with Crippen LogP contribution in [0.4, 0.5) is 4.79 Å². The van der Waals surface area contributed by atoms with Crippen molar-refractivity contribution >= 4 is 30.9 Å². The molecule has 6 nitrogen and oxygen atoms in total. The summed E-state index contributed by atoms with van der Waals surface area (Å²) in [6.45, 7) is 15.4. The van der Waals surface area contributed by atoms with Crippen molar-refractivity contribution in [3.8, 4) is 0 Å². The molecule has 0 fully saturated rings. The second-order valence-electron chi connectivity index (χ2n) is 7.51. The fraction of sp³-hybridized carbons (Fsp3) is 0.733. The van der Waals surface area contributed by atoms with Crippen LogP contribution < -0.4 is 5.32 Å². The molecule has 0 unspecified atom stereocenters. The quantitative estimate of drug-likeness (QED) is 0.555. The zero-order valence-electron chi connectivity index (χ0n) is 15.1. The van der Waals surface area contributed by atoms with Gasteiger partial charge in [-0.2, -0.15) is 0 Å². The standard InChI is InChI=1S/C15H29NO5SSi/c1-11(10-23(6,7)8)22(19)9-12(13(17)20-5)16-14(18)21-15(2,3)4/h12H,1,9-10H2,2-8H3,(H,16,18)/t12-,22+/m0/s1. The second kappa shape index (κ2) is 8.63. The normalized spacial score (nSPS) is 14.6. The molecule has 0 aromatic heterocycles. The Balaban J connectivity index is 4.87. The molecule has 0 heterocycles. The average molecular weight is 364 g/mol. The van der Waals surface area contributed by atoms with E-state index in [9.17, 15) is 13.8 Å². The number of esters is 1. The third kappa shape index (κ3) is 10.3.